The van der Waals surface area contributed by atoms with Gasteiger partial charge in [0, 0.05) is 0 Å². The lowest BCUT2D eigenvalue weighted by molar-refractivity contribution is -0.385. The molecule has 0 aromatic carbocycles. The Morgan fingerprint density at radius 1 is 1.27 bits per heavy atom. The minimum absolute atomic E-state index is 0.0421. The first-order chi connectivity index (χ1) is 10.3. The predicted octanol–water partition coefficient (Wildman–Crippen LogP) is 0.790. The highest BCUT2D eigenvalue weighted by molar-refractivity contribution is 6.00. The number of carbonyl (C=O) groups is 2. The van der Waals surface area contributed by atoms with Gasteiger partial charge in [-0.3, -0.25) is 10.1 Å². The van der Waals surface area contributed by atoms with E-state index in [-0.39, 0.29) is 19.3 Å². The second-order valence-corrected chi connectivity index (χ2v) is 4.43. The Morgan fingerprint density at radius 3 is 2.32 bits per heavy atom. The molecule has 0 unspecified atom stereocenters. The Bertz CT molecular complexity index is 580. The minimum Gasteiger partial charge on any atom is -0.464 e. The molecule has 1 aromatic heterocycles. The van der Waals surface area contributed by atoms with Gasteiger partial charge in [-0.15, -0.1) is 0 Å². The van der Waals surface area contributed by atoms with Crippen molar-refractivity contribution in [2.75, 3.05) is 20.8 Å². The summed E-state index contributed by atoms with van der Waals surface area (Å²) in [6.45, 7) is 3.82. The van der Waals surface area contributed by atoms with Crippen molar-refractivity contribution >= 4 is 17.6 Å². The van der Waals surface area contributed by atoms with Crippen LogP contribution in [0.1, 0.15) is 34.8 Å². The highest BCUT2D eigenvalue weighted by atomic mass is 16.6. The number of ether oxygens (including phenoxy) is 3. The number of hydrogen-bond acceptors (Lipinski definition) is 8. The van der Waals surface area contributed by atoms with Crippen LogP contribution in [0, 0.1) is 10.1 Å². The fraction of sp³-hybridized carbons (Fsp3) is 0.583. The smallest absolute Gasteiger partial charge is 0.365 e. The van der Waals surface area contributed by atoms with Gasteiger partial charge in [-0.2, -0.15) is 5.10 Å². The van der Waals surface area contributed by atoms with Gasteiger partial charge < -0.3 is 14.2 Å². The van der Waals surface area contributed by atoms with Crippen LogP contribution in [0.4, 0.5) is 5.69 Å². The molecule has 0 spiro atoms. The van der Waals surface area contributed by atoms with Crippen LogP contribution < -0.4 is 0 Å². The van der Waals surface area contributed by atoms with Crippen molar-refractivity contribution in [2.45, 2.75) is 26.5 Å². The number of aromatic nitrogens is 2. The van der Waals surface area contributed by atoms with E-state index in [0.29, 0.717) is 0 Å². The predicted molar refractivity (Wildman–Crippen MR) is 72.6 cm³/mol. The molecule has 0 N–H and O–H groups in total. The van der Waals surface area contributed by atoms with Gasteiger partial charge in [0.1, 0.15) is 0 Å². The van der Waals surface area contributed by atoms with E-state index < -0.39 is 33.9 Å². The van der Waals surface area contributed by atoms with E-state index in [1.165, 1.54) is 0 Å². The second-order valence-electron chi connectivity index (χ2n) is 4.43. The Labute approximate surface area is 126 Å². The largest absolute Gasteiger partial charge is 0.464 e. The molecule has 0 aliphatic rings. The summed E-state index contributed by atoms with van der Waals surface area (Å²) in [4.78, 5) is 33.7. The second kappa shape index (κ2) is 7.50. The molecule has 22 heavy (non-hydrogen) atoms. The first-order valence-corrected chi connectivity index (χ1v) is 6.36. The Hall–Kier alpha value is -2.49. The zero-order chi connectivity index (χ0) is 16.9. The van der Waals surface area contributed by atoms with Gasteiger partial charge in [0.2, 0.25) is 11.4 Å². The Balaban J connectivity index is 3.32. The number of rotatable bonds is 7. The maximum atomic E-state index is 11.8. The third kappa shape index (κ3) is 3.79. The Morgan fingerprint density at radius 2 is 1.86 bits per heavy atom. The fourth-order valence-electron chi connectivity index (χ4n) is 1.69. The molecule has 0 atom stereocenters. The van der Waals surface area contributed by atoms with Crippen LogP contribution in [0.3, 0.4) is 0 Å². The molecular weight excluding hydrogens is 298 g/mol. The summed E-state index contributed by atoms with van der Waals surface area (Å²) < 4.78 is 15.3. The van der Waals surface area contributed by atoms with Crippen molar-refractivity contribution in [3.05, 3.63) is 21.5 Å². The van der Waals surface area contributed by atoms with Crippen LogP contribution in [0.2, 0.25) is 0 Å². The number of methoxy groups -OCH3 is 2. The van der Waals surface area contributed by atoms with E-state index >= 15 is 0 Å². The average Bonchev–Trinajstić information content (AvgIpc) is 2.84. The number of hydrogen-bond donors (Lipinski definition) is 0. The van der Waals surface area contributed by atoms with E-state index in [1.54, 1.807) is 0 Å². The fourth-order valence-corrected chi connectivity index (χ4v) is 1.69. The van der Waals surface area contributed by atoms with Gasteiger partial charge in [-0.25, -0.2) is 14.3 Å². The summed E-state index contributed by atoms with van der Waals surface area (Å²) in [5, 5.41) is 15.0. The Kier molecular flexibility index (Phi) is 5.99. The van der Waals surface area contributed by atoms with Crippen LogP contribution in [0.25, 0.3) is 0 Å². The zero-order valence-electron chi connectivity index (χ0n) is 12.7. The van der Waals surface area contributed by atoms with Crippen molar-refractivity contribution < 1.29 is 28.7 Å². The molecule has 122 valence electrons. The van der Waals surface area contributed by atoms with Crippen molar-refractivity contribution in [2.24, 2.45) is 0 Å². The van der Waals surface area contributed by atoms with Gasteiger partial charge in [0.15, 0.2) is 0 Å². The summed E-state index contributed by atoms with van der Waals surface area (Å²) in [5.41, 5.74) is -1.74. The van der Waals surface area contributed by atoms with E-state index in [4.69, 9.17) is 4.74 Å². The maximum Gasteiger partial charge on any atom is 0.365 e. The summed E-state index contributed by atoms with van der Waals surface area (Å²) in [6, 6.07) is 0. The van der Waals surface area contributed by atoms with E-state index in [2.05, 4.69) is 14.6 Å². The quantitative estimate of drug-likeness (QED) is 0.411. The number of nitrogens with zero attached hydrogens (tertiary/aromatic N) is 3. The molecule has 1 aromatic rings. The molecule has 10 heteroatoms. The van der Waals surface area contributed by atoms with Crippen molar-refractivity contribution in [1.82, 2.24) is 9.78 Å². The molecule has 1 rings (SSSR count). The normalized spacial score (nSPS) is 10.6. The standard InChI is InChI=1S/C12H17N3O7/c1-7(2)22-6-5-14-10(12(17)21-4)9(15(18)19)8(13-14)11(16)20-3/h7H,5-6H2,1-4H3. The lowest BCUT2D eigenvalue weighted by Gasteiger charge is -2.08. The third-order valence-corrected chi connectivity index (χ3v) is 2.62. The van der Waals surface area contributed by atoms with E-state index in [9.17, 15) is 19.7 Å². The van der Waals surface area contributed by atoms with Gasteiger partial charge in [0.05, 0.1) is 38.4 Å². The third-order valence-electron chi connectivity index (χ3n) is 2.62. The monoisotopic (exact) mass is 315 g/mol. The molecule has 0 aliphatic carbocycles. The van der Waals surface area contributed by atoms with Crippen LogP contribution in [-0.2, 0) is 20.8 Å². The molecule has 0 fully saturated rings. The van der Waals surface area contributed by atoms with Crippen molar-refractivity contribution in [1.29, 1.82) is 0 Å². The SMILES string of the molecule is COC(=O)c1nn(CCOC(C)C)c(C(=O)OC)c1[N+](=O)[O-]. The van der Waals surface area contributed by atoms with Crippen LogP contribution >= 0.6 is 0 Å². The molecule has 0 bridgehead atoms. The summed E-state index contributed by atoms with van der Waals surface area (Å²) in [7, 11) is 2.14. The molecule has 1 heterocycles. The minimum atomic E-state index is -1.01. The van der Waals surface area contributed by atoms with E-state index in [0.717, 1.165) is 18.9 Å². The first-order valence-electron chi connectivity index (χ1n) is 6.36. The average molecular weight is 315 g/mol. The van der Waals surface area contributed by atoms with Gasteiger partial charge in [-0.05, 0) is 13.8 Å². The highest BCUT2D eigenvalue weighted by Crippen LogP contribution is 2.25. The van der Waals surface area contributed by atoms with Crippen molar-refractivity contribution in [3.8, 4) is 0 Å². The summed E-state index contributed by atoms with van der Waals surface area (Å²) in [5.74, 6) is -1.99. The summed E-state index contributed by atoms with van der Waals surface area (Å²) in [6.07, 6.45) is -0.0628. The van der Waals surface area contributed by atoms with Crippen LogP contribution in [0.5, 0.6) is 0 Å². The van der Waals surface area contributed by atoms with Gasteiger partial charge in [0.25, 0.3) is 0 Å². The summed E-state index contributed by atoms with van der Waals surface area (Å²) >= 11 is 0. The van der Waals surface area contributed by atoms with E-state index in [1.807, 2.05) is 13.8 Å². The lowest BCUT2D eigenvalue weighted by Crippen LogP contribution is -2.17. The van der Waals surface area contributed by atoms with Crippen molar-refractivity contribution in [3.63, 3.8) is 0 Å². The zero-order valence-corrected chi connectivity index (χ0v) is 12.7. The lowest BCUT2D eigenvalue weighted by atomic mass is 10.3. The molecule has 0 saturated carbocycles. The number of nitro groups is 1. The molecule has 0 aliphatic heterocycles. The molecular formula is C12H17N3O7. The number of esters is 2. The topological polar surface area (TPSA) is 123 Å². The molecule has 0 saturated heterocycles. The van der Waals surface area contributed by atoms with Gasteiger partial charge in [-0.1, -0.05) is 0 Å². The molecule has 10 nitrogen and oxygen atoms in total. The highest BCUT2D eigenvalue weighted by Gasteiger charge is 2.37. The molecule has 0 amide bonds. The number of carbonyl (C=O) groups excluding carboxylic acids is 2. The van der Waals surface area contributed by atoms with Gasteiger partial charge >= 0.3 is 17.6 Å². The molecule has 0 radical (unpaired) electrons. The van der Waals surface area contributed by atoms with Crippen LogP contribution in [0.15, 0.2) is 0 Å². The maximum absolute atomic E-state index is 11.8. The van der Waals surface area contributed by atoms with Crippen LogP contribution in [-0.4, -0.2) is 53.6 Å². The first kappa shape index (κ1) is 17.6.